The lowest BCUT2D eigenvalue weighted by atomic mass is 9.97. The molecule has 0 bridgehead atoms. The molecule has 0 aromatic heterocycles. The maximum Gasteiger partial charge on any atom is 0.242 e. The first-order valence-electron chi connectivity index (χ1n) is 6.31. The Kier molecular flexibility index (Phi) is 4.07. The van der Waals surface area contributed by atoms with E-state index in [1.165, 1.54) is 0 Å². The molecule has 0 radical (unpaired) electrons. The van der Waals surface area contributed by atoms with Gasteiger partial charge in [-0.3, -0.25) is 4.79 Å². The highest BCUT2D eigenvalue weighted by molar-refractivity contribution is 9.10. The van der Waals surface area contributed by atoms with Crippen LogP contribution in [0, 0.1) is 0 Å². The summed E-state index contributed by atoms with van der Waals surface area (Å²) >= 11 is 3.50. The van der Waals surface area contributed by atoms with Gasteiger partial charge in [-0.2, -0.15) is 0 Å². The topological polar surface area (TPSA) is 46.3 Å². The Hall–Kier alpha value is -0.870. The van der Waals surface area contributed by atoms with Crippen LogP contribution in [0.1, 0.15) is 31.2 Å². The number of benzene rings is 1. The minimum Gasteiger partial charge on any atom is -0.340 e. The van der Waals surface area contributed by atoms with Crippen LogP contribution in [0.15, 0.2) is 28.7 Å². The van der Waals surface area contributed by atoms with Crippen molar-refractivity contribution in [2.75, 3.05) is 7.05 Å². The van der Waals surface area contributed by atoms with E-state index in [0.29, 0.717) is 6.54 Å². The number of amides is 1. The quantitative estimate of drug-likeness (QED) is 0.933. The predicted octanol–water partition coefficient (Wildman–Crippen LogP) is 2.68. The number of carbonyl (C=O) groups excluding carboxylic acids is 1. The molecule has 3 nitrogen and oxygen atoms in total. The van der Waals surface area contributed by atoms with Crippen LogP contribution in [0.3, 0.4) is 0 Å². The van der Waals surface area contributed by atoms with Crippen LogP contribution in [-0.4, -0.2) is 23.4 Å². The van der Waals surface area contributed by atoms with Crippen molar-refractivity contribution in [3.63, 3.8) is 0 Å². The molecule has 1 amide bonds. The lowest BCUT2D eigenvalue weighted by molar-refractivity contribution is -0.136. The summed E-state index contributed by atoms with van der Waals surface area (Å²) in [5, 5.41) is 0. The number of hydrogen-bond acceptors (Lipinski definition) is 2. The predicted molar refractivity (Wildman–Crippen MR) is 76.0 cm³/mol. The number of carbonyl (C=O) groups is 1. The lowest BCUT2D eigenvalue weighted by Crippen LogP contribution is -2.52. The van der Waals surface area contributed by atoms with Gasteiger partial charge in [-0.15, -0.1) is 0 Å². The first-order valence-corrected chi connectivity index (χ1v) is 7.10. The number of nitrogens with two attached hydrogens (primary N) is 1. The van der Waals surface area contributed by atoms with Gasteiger partial charge >= 0.3 is 0 Å². The molecule has 18 heavy (non-hydrogen) atoms. The molecule has 1 aliphatic rings. The van der Waals surface area contributed by atoms with Gasteiger partial charge in [-0.25, -0.2) is 0 Å². The van der Waals surface area contributed by atoms with E-state index in [1.807, 2.05) is 31.3 Å². The van der Waals surface area contributed by atoms with Crippen LogP contribution in [0.2, 0.25) is 0 Å². The third-order valence-corrected chi connectivity index (χ3v) is 4.41. The molecule has 0 spiro atoms. The Morgan fingerprint density at radius 2 is 2.00 bits per heavy atom. The third kappa shape index (κ3) is 2.75. The highest BCUT2D eigenvalue weighted by atomic mass is 79.9. The van der Waals surface area contributed by atoms with E-state index in [9.17, 15) is 4.79 Å². The van der Waals surface area contributed by atoms with Gasteiger partial charge in [-0.05, 0) is 24.5 Å². The minimum absolute atomic E-state index is 0.0655. The maximum absolute atomic E-state index is 12.4. The van der Waals surface area contributed by atoms with Crippen LogP contribution in [0.25, 0.3) is 0 Å². The standard InChI is InChI=1S/C14H19BrN2O/c1-17(10-11-6-2-3-7-12(11)15)13(18)14(16)8-4-5-9-14/h2-3,6-7H,4-5,8-10,16H2,1H3. The molecular formula is C14H19BrN2O. The van der Waals surface area contributed by atoms with Gasteiger partial charge in [0.1, 0.15) is 0 Å². The van der Waals surface area contributed by atoms with Gasteiger partial charge in [0.15, 0.2) is 0 Å². The fourth-order valence-corrected chi connectivity index (χ4v) is 2.96. The molecule has 1 saturated carbocycles. The number of halogens is 1. The summed E-state index contributed by atoms with van der Waals surface area (Å²) < 4.78 is 1.03. The van der Waals surface area contributed by atoms with Gasteiger partial charge in [0.05, 0.1) is 5.54 Å². The summed E-state index contributed by atoms with van der Waals surface area (Å²) in [5.41, 5.74) is 6.67. The molecular weight excluding hydrogens is 292 g/mol. The summed E-state index contributed by atoms with van der Waals surface area (Å²) in [5.74, 6) is 0.0655. The average Bonchev–Trinajstić information content (AvgIpc) is 2.79. The molecule has 0 atom stereocenters. The second-order valence-electron chi connectivity index (χ2n) is 5.12. The molecule has 2 rings (SSSR count). The molecule has 0 aliphatic heterocycles. The van der Waals surface area contributed by atoms with E-state index in [2.05, 4.69) is 15.9 Å². The van der Waals surface area contributed by atoms with E-state index in [1.54, 1.807) is 4.90 Å². The van der Waals surface area contributed by atoms with E-state index < -0.39 is 5.54 Å². The van der Waals surface area contributed by atoms with Crippen molar-refractivity contribution in [2.24, 2.45) is 5.73 Å². The van der Waals surface area contributed by atoms with E-state index in [4.69, 9.17) is 5.73 Å². The molecule has 1 aromatic carbocycles. The Morgan fingerprint density at radius 3 is 2.61 bits per heavy atom. The molecule has 1 aromatic rings. The Bertz CT molecular complexity index is 441. The number of likely N-dealkylation sites (N-methyl/N-ethyl adjacent to an activating group) is 1. The zero-order chi connectivity index (χ0) is 13.2. The summed E-state index contributed by atoms with van der Waals surface area (Å²) in [4.78, 5) is 14.1. The zero-order valence-corrected chi connectivity index (χ0v) is 12.2. The lowest BCUT2D eigenvalue weighted by Gasteiger charge is -2.29. The second kappa shape index (κ2) is 5.41. The highest BCUT2D eigenvalue weighted by Gasteiger charge is 2.38. The fraction of sp³-hybridized carbons (Fsp3) is 0.500. The van der Waals surface area contributed by atoms with Gasteiger partial charge in [0, 0.05) is 18.1 Å². The number of rotatable bonds is 3. The molecule has 1 fully saturated rings. The van der Waals surface area contributed by atoms with E-state index >= 15 is 0 Å². The summed E-state index contributed by atoms with van der Waals surface area (Å²) in [6, 6.07) is 7.95. The average molecular weight is 311 g/mol. The number of nitrogens with zero attached hydrogens (tertiary/aromatic N) is 1. The van der Waals surface area contributed by atoms with E-state index in [0.717, 1.165) is 35.7 Å². The van der Waals surface area contributed by atoms with Gasteiger partial charge in [0.25, 0.3) is 0 Å². The largest absolute Gasteiger partial charge is 0.340 e. The molecule has 0 heterocycles. The molecule has 0 unspecified atom stereocenters. The fourth-order valence-electron chi connectivity index (χ4n) is 2.55. The second-order valence-corrected chi connectivity index (χ2v) is 5.97. The first-order chi connectivity index (χ1) is 8.53. The van der Waals surface area contributed by atoms with Crippen LogP contribution < -0.4 is 5.73 Å². The Morgan fingerprint density at radius 1 is 1.39 bits per heavy atom. The normalized spacial score (nSPS) is 17.7. The van der Waals surface area contributed by atoms with Crippen molar-refractivity contribution in [3.8, 4) is 0 Å². The van der Waals surface area contributed by atoms with Crippen LogP contribution in [-0.2, 0) is 11.3 Å². The molecule has 98 valence electrons. The van der Waals surface area contributed by atoms with Crippen molar-refractivity contribution in [2.45, 2.75) is 37.8 Å². The van der Waals surface area contributed by atoms with Crippen molar-refractivity contribution in [3.05, 3.63) is 34.3 Å². The molecule has 2 N–H and O–H groups in total. The smallest absolute Gasteiger partial charge is 0.242 e. The minimum atomic E-state index is -0.629. The summed E-state index contributed by atoms with van der Waals surface area (Å²) in [6.45, 7) is 0.596. The first kappa shape index (κ1) is 13.6. The number of hydrogen-bond donors (Lipinski definition) is 1. The van der Waals surface area contributed by atoms with Crippen molar-refractivity contribution in [1.82, 2.24) is 4.90 Å². The van der Waals surface area contributed by atoms with Crippen LogP contribution in [0.5, 0.6) is 0 Å². The molecule has 0 saturated heterocycles. The maximum atomic E-state index is 12.4. The molecule has 4 heteroatoms. The molecule has 1 aliphatic carbocycles. The van der Waals surface area contributed by atoms with Gasteiger partial charge in [-0.1, -0.05) is 47.0 Å². The Labute approximate surface area is 116 Å². The van der Waals surface area contributed by atoms with Gasteiger partial charge < -0.3 is 10.6 Å². The van der Waals surface area contributed by atoms with E-state index in [-0.39, 0.29) is 5.91 Å². The monoisotopic (exact) mass is 310 g/mol. The SMILES string of the molecule is CN(Cc1ccccc1Br)C(=O)C1(N)CCCC1. The summed E-state index contributed by atoms with van der Waals surface area (Å²) in [6.07, 6.45) is 3.74. The summed E-state index contributed by atoms with van der Waals surface area (Å²) in [7, 11) is 1.83. The van der Waals surface area contributed by atoms with Crippen LogP contribution in [0.4, 0.5) is 0 Å². The van der Waals surface area contributed by atoms with Crippen molar-refractivity contribution in [1.29, 1.82) is 0 Å². The van der Waals surface area contributed by atoms with Crippen molar-refractivity contribution >= 4 is 21.8 Å². The third-order valence-electron chi connectivity index (χ3n) is 3.63. The van der Waals surface area contributed by atoms with Crippen LogP contribution >= 0.6 is 15.9 Å². The highest BCUT2D eigenvalue weighted by Crippen LogP contribution is 2.29. The van der Waals surface area contributed by atoms with Gasteiger partial charge in [0.2, 0.25) is 5.91 Å². The zero-order valence-electron chi connectivity index (χ0n) is 10.7. The Balaban J connectivity index is 2.06. The van der Waals surface area contributed by atoms with Crippen molar-refractivity contribution < 1.29 is 4.79 Å².